The van der Waals surface area contributed by atoms with Crippen LogP contribution >= 0.6 is 11.6 Å². The van der Waals surface area contributed by atoms with Gasteiger partial charge >= 0.3 is 0 Å². The molecule has 2 heterocycles. The molecule has 1 aliphatic heterocycles. The molecule has 0 bridgehead atoms. The predicted octanol–water partition coefficient (Wildman–Crippen LogP) is 3.82. The van der Waals surface area contributed by atoms with Gasteiger partial charge in [0.25, 0.3) is 0 Å². The minimum atomic E-state index is -0.144. The van der Waals surface area contributed by atoms with Crippen LogP contribution in [0, 0.1) is 6.92 Å². The van der Waals surface area contributed by atoms with Crippen molar-refractivity contribution in [3.8, 4) is 0 Å². The molecule has 0 spiro atoms. The molecule has 1 atom stereocenters. The summed E-state index contributed by atoms with van der Waals surface area (Å²) in [5, 5.41) is 9.34. The van der Waals surface area contributed by atoms with E-state index in [1.807, 2.05) is 35.1 Å². The third-order valence-corrected chi connectivity index (χ3v) is 4.77. The fraction of sp³-hybridized carbons (Fsp3) is 0.300. The van der Waals surface area contributed by atoms with Gasteiger partial charge in [0.05, 0.1) is 19.3 Å². The van der Waals surface area contributed by atoms with Crippen molar-refractivity contribution in [3.05, 3.63) is 82.1 Å². The van der Waals surface area contributed by atoms with E-state index in [0.717, 1.165) is 29.4 Å². The SMILES string of the molecule is Cc1cccc(CN2CCOC2c2cn(Cc3ccc(Cl)cc3)nn2)c1. The minimum absolute atomic E-state index is 0.144. The Morgan fingerprint density at radius 3 is 2.77 bits per heavy atom. The average molecular weight is 369 g/mol. The molecule has 26 heavy (non-hydrogen) atoms. The van der Waals surface area contributed by atoms with Crippen LogP contribution < -0.4 is 0 Å². The van der Waals surface area contributed by atoms with Gasteiger partial charge in [-0.15, -0.1) is 5.10 Å². The van der Waals surface area contributed by atoms with E-state index in [0.29, 0.717) is 13.2 Å². The second-order valence-corrected chi connectivity index (χ2v) is 7.09. The fourth-order valence-electron chi connectivity index (χ4n) is 3.26. The van der Waals surface area contributed by atoms with E-state index in [4.69, 9.17) is 16.3 Å². The Balaban J connectivity index is 1.46. The molecule has 0 radical (unpaired) electrons. The van der Waals surface area contributed by atoms with Crippen LogP contribution in [0.2, 0.25) is 5.02 Å². The van der Waals surface area contributed by atoms with Crippen molar-refractivity contribution in [2.75, 3.05) is 13.2 Å². The highest BCUT2D eigenvalue weighted by Crippen LogP contribution is 2.27. The summed E-state index contributed by atoms with van der Waals surface area (Å²) in [6.07, 6.45) is 1.82. The third-order valence-electron chi connectivity index (χ3n) is 4.52. The van der Waals surface area contributed by atoms with Gasteiger partial charge in [-0.2, -0.15) is 0 Å². The molecule has 134 valence electrons. The molecule has 1 unspecified atom stereocenters. The minimum Gasteiger partial charge on any atom is -0.356 e. The fourth-order valence-corrected chi connectivity index (χ4v) is 3.39. The molecule has 5 nitrogen and oxygen atoms in total. The molecular formula is C20H21ClN4O. The van der Waals surface area contributed by atoms with Gasteiger partial charge in [0.1, 0.15) is 5.69 Å². The molecule has 0 amide bonds. The first-order chi connectivity index (χ1) is 12.7. The highest BCUT2D eigenvalue weighted by molar-refractivity contribution is 6.30. The van der Waals surface area contributed by atoms with Crippen molar-refractivity contribution in [3.63, 3.8) is 0 Å². The summed E-state index contributed by atoms with van der Waals surface area (Å²) in [5.41, 5.74) is 4.54. The number of halogens is 1. The van der Waals surface area contributed by atoms with E-state index in [-0.39, 0.29) is 6.23 Å². The number of rotatable bonds is 5. The molecular weight excluding hydrogens is 348 g/mol. The van der Waals surface area contributed by atoms with Crippen LogP contribution in [0.25, 0.3) is 0 Å². The zero-order chi connectivity index (χ0) is 17.9. The zero-order valence-corrected chi connectivity index (χ0v) is 15.4. The van der Waals surface area contributed by atoms with Gasteiger partial charge < -0.3 is 4.74 Å². The highest BCUT2D eigenvalue weighted by Gasteiger charge is 2.29. The number of nitrogens with zero attached hydrogens (tertiary/aromatic N) is 4. The summed E-state index contributed by atoms with van der Waals surface area (Å²) in [6.45, 7) is 5.22. The Kier molecular flexibility index (Phi) is 5.02. The smallest absolute Gasteiger partial charge is 0.157 e. The summed E-state index contributed by atoms with van der Waals surface area (Å²) >= 11 is 5.94. The van der Waals surface area contributed by atoms with Gasteiger partial charge in [-0.05, 0) is 30.2 Å². The second kappa shape index (κ2) is 7.58. The van der Waals surface area contributed by atoms with Gasteiger partial charge in [-0.3, -0.25) is 4.90 Å². The molecule has 3 aromatic rings. The maximum Gasteiger partial charge on any atom is 0.157 e. The molecule has 0 saturated carbocycles. The summed E-state index contributed by atoms with van der Waals surface area (Å²) in [7, 11) is 0. The van der Waals surface area contributed by atoms with Gasteiger partial charge in [-0.1, -0.05) is 58.8 Å². The summed E-state index contributed by atoms with van der Waals surface area (Å²) < 4.78 is 7.76. The first-order valence-electron chi connectivity index (χ1n) is 8.73. The molecule has 6 heteroatoms. The van der Waals surface area contributed by atoms with Crippen LogP contribution in [0.4, 0.5) is 0 Å². The number of aromatic nitrogens is 3. The molecule has 1 aromatic heterocycles. The molecule has 1 fully saturated rings. The quantitative estimate of drug-likeness (QED) is 0.686. The number of benzene rings is 2. The van der Waals surface area contributed by atoms with Crippen molar-refractivity contribution in [1.82, 2.24) is 19.9 Å². The molecule has 0 N–H and O–H groups in total. The van der Waals surface area contributed by atoms with Gasteiger partial charge in [0, 0.05) is 18.1 Å². The van der Waals surface area contributed by atoms with Crippen LogP contribution in [-0.4, -0.2) is 33.0 Å². The van der Waals surface area contributed by atoms with Crippen LogP contribution in [0.5, 0.6) is 0 Å². The van der Waals surface area contributed by atoms with Crippen LogP contribution in [-0.2, 0) is 17.8 Å². The highest BCUT2D eigenvalue weighted by atomic mass is 35.5. The van der Waals surface area contributed by atoms with Crippen LogP contribution in [0.3, 0.4) is 0 Å². The van der Waals surface area contributed by atoms with E-state index < -0.39 is 0 Å². The van der Waals surface area contributed by atoms with E-state index in [2.05, 4.69) is 46.4 Å². The molecule has 0 aliphatic carbocycles. The number of hydrogen-bond acceptors (Lipinski definition) is 4. The van der Waals surface area contributed by atoms with Crippen LogP contribution in [0.15, 0.2) is 54.7 Å². The van der Waals surface area contributed by atoms with E-state index in [1.165, 1.54) is 11.1 Å². The van der Waals surface area contributed by atoms with Gasteiger partial charge in [0.15, 0.2) is 6.23 Å². The van der Waals surface area contributed by atoms with Gasteiger partial charge in [-0.25, -0.2) is 4.68 Å². The summed E-state index contributed by atoms with van der Waals surface area (Å²) in [6, 6.07) is 16.4. The molecule has 1 saturated heterocycles. The van der Waals surface area contributed by atoms with Crippen molar-refractivity contribution in [2.45, 2.75) is 26.2 Å². The first-order valence-corrected chi connectivity index (χ1v) is 9.11. The maximum absolute atomic E-state index is 5.94. The summed E-state index contributed by atoms with van der Waals surface area (Å²) in [5.74, 6) is 0. The standard InChI is InChI=1S/C20H21ClN4O/c1-15-3-2-4-17(11-15)12-24-9-10-26-20(24)19-14-25(23-22-19)13-16-5-7-18(21)8-6-16/h2-8,11,14,20H,9-10,12-13H2,1H3. The van der Waals surface area contributed by atoms with E-state index in [1.54, 1.807) is 0 Å². The largest absolute Gasteiger partial charge is 0.356 e. The monoisotopic (exact) mass is 368 g/mol. The lowest BCUT2D eigenvalue weighted by Crippen LogP contribution is -2.23. The van der Waals surface area contributed by atoms with Crippen molar-refractivity contribution in [1.29, 1.82) is 0 Å². The normalized spacial score (nSPS) is 17.7. The number of hydrogen-bond donors (Lipinski definition) is 0. The first kappa shape index (κ1) is 17.2. The molecule has 2 aromatic carbocycles. The molecule has 1 aliphatic rings. The number of ether oxygens (including phenoxy) is 1. The zero-order valence-electron chi connectivity index (χ0n) is 14.7. The Labute approximate surface area is 158 Å². The van der Waals surface area contributed by atoms with Gasteiger partial charge in [0.2, 0.25) is 0 Å². The lowest BCUT2D eigenvalue weighted by Gasteiger charge is -2.21. The topological polar surface area (TPSA) is 43.2 Å². The Morgan fingerprint density at radius 1 is 1.12 bits per heavy atom. The Morgan fingerprint density at radius 2 is 1.96 bits per heavy atom. The van der Waals surface area contributed by atoms with E-state index >= 15 is 0 Å². The molecule has 4 rings (SSSR count). The Hall–Kier alpha value is -2.21. The Bertz CT molecular complexity index is 878. The van der Waals surface area contributed by atoms with Crippen molar-refractivity contribution >= 4 is 11.6 Å². The summed E-state index contributed by atoms with van der Waals surface area (Å²) in [4.78, 5) is 2.30. The lowest BCUT2D eigenvalue weighted by molar-refractivity contribution is 0.0252. The van der Waals surface area contributed by atoms with Crippen molar-refractivity contribution in [2.24, 2.45) is 0 Å². The second-order valence-electron chi connectivity index (χ2n) is 6.65. The van der Waals surface area contributed by atoms with E-state index in [9.17, 15) is 0 Å². The van der Waals surface area contributed by atoms with Crippen LogP contribution in [0.1, 0.15) is 28.6 Å². The predicted molar refractivity (Wildman–Crippen MR) is 101 cm³/mol. The lowest BCUT2D eigenvalue weighted by atomic mass is 10.1. The number of aryl methyl sites for hydroxylation is 1. The van der Waals surface area contributed by atoms with Crippen molar-refractivity contribution < 1.29 is 4.74 Å². The average Bonchev–Trinajstić information content (AvgIpc) is 3.26. The maximum atomic E-state index is 5.94. The third kappa shape index (κ3) is 3.96.